The van der Waals surface area contributed by atoms with Gasteiger partial charge in [-0.1, -0.05) is 12.1 Å². The minimum absolute atomic E-state index is 0.273. The SMILES string of the molecule is O=C(/C=C/c1ccc(O)c(O)c1)O[C@@H]1C[C@@](OC(=O)/C=C/c2ccc(O)c(O)c2)(C(=O)[O-])C[C@@H](O)[C@@H]1O. The molecule has 2 aromatic rings. The quantitative estimate of drug-likeness (QED) is 0.159. The smallest absolute Gasteiger partial charge is 0.331 e. The monoisotopic (exact) mass is 515 g/mol. The van der Waals surface area contributed by atoms with Crippen LogP contribution >= 0.6 is 0 Å². The van der Waals surface area contributed by atoms with Crippen LogP contribution in [-0.4, -0.2) is 72.5 Å². The number of aliphatic carboxylic acids is 1. The van der Waals surface area contributed by atoms with E-state index in [0.29, 0.717) is 5.56 Å². The van der Waals surface area contributed by atoms with Crippen LogP contribution in [0.4, 0.5) is 0 Å². The number of esters is 2. The maximum absolute atomic E-state index is 12.4. The molecule has 1 saturated carbocycles. The van der Waals surface area contributed by atoms with Crippen LogP contribution in [0.2, 0.25) is 0 Å². The van der Waals surface area contributed by atoms with Crippen molar-refractivity contribution < 1.29 is 59.6 Å². The Morgan fingerprint density at radius 1 is 0.811 bits per heavy atom. The normalized spacial score (nSPS) is 23.7. The molecule has 2 aromatic carbocycles. The van der Waals surface area contributed by atoms with E-state index in [2.05, 4.69) is 0 Å². The number of benzene rings is 2. The van der Waals surface area contributed by atoms with Crippen molar-refractivity contribution in [1.29, 1.82) is 0 Å². The molecule has 0 saturated heterocycles. The second-order valence-corrected chi connectivity index (χ2v) is 8.31. The van der Waals surface area contributed by atoms with Gasteiger partial charge >= 0.3 is 11.9 Å². The number of phenolic OH excluding ortho intramolecular Hbond substituents is 4. The van der Waals surface area contributed by atoms with E-state index in [1.807, 2.05) is 0 Å². The summed E-state index contributed by atoms with van der Waals surface area (Å²) in [7, 11) is 0. The van der Waals surface area contributed by atoms with Crippen LogP contribution in [0.15, 0.2) is 48.6 Å². The van der Waals surface area contributed by atoms with E-state index in [9.17, 15) is 50.1 Å². The van der Waals surface area contributed by atoms with E-state index in [4.69, 9.17) is 9.47 Å². The Kier molecular flexibility index (Phi) is 8.05. The first-order valence-electron chi connectivity index (χ1n) is 10.8. The fraction of sp³-hybridized carbons (Fsp3) is 0.240. The molecule has 0 radical (unpaired) electrons. The zero-order valence-electron chi connectivity index (χ0n) is 19.1. The van der Waals surface area contributed by atoms with Gasteiger partial charge in [0.25, 0.3) is 0 Å². The summed E-state index contributed by atoms with van der Waals surface area (Å²) in [5.74, 6) is -5.75. The lowest BCUT2D eigenvalue weighted by Crippen LogP contribution is -2.62. The molecular formula is C25H23O12-. The summed E-state index contributed by atoms with van der Waals surface area (Å²) in [5, 5.41) is 70.1. The lowest BCUT2D eigenvalue weighted by atomic mass is 9.79. The van der Waals surface area contributed by atoms with Gasteiger partial charge in [0.15, 0.2) is 28.6 Å². The molecule has 0 aliphatic heterocycles. The number of rotatable bonds is 7. The van der Waals surface area contributed by atoms with Crippen LogP contribution in [0, 0.1) is 0 Å². The van der Waals surface area contributed by atoms with Crippen molar-refractivity contribution in [3.05, 3.63) is 59.7 Å². The Hall–Kier alpha value is -4.55. The van der Waals surface area contributed by atoms with Crippen LogP contribution in [0.5, 0.6) is 23.0 Å². The third-order valence-electron chi connectivity index (χ3n) is 5.60. The van der Waals surface area contributed by atoms with Gasteiger partial charge < -0.3 is 50.0 Å². The molecule has 0 amide bonds. The van der Waals surface area contributed by atoms with Gasteiger partial charge in [-0.05, 0) is 47.5 Å². The highest BCUT2D eigenvalue weighted by Gasteiger charge is 2.50. The largest absolute Gasteiger partial charge is 0.546 e. The molecule has 37 heavy (non-hydrogen) atoms. The molecule has 196 valence electrons. The standard InChI is InChI=1S/C25H24O12/c26-15-5-1-13(9-17(15)28)3-7-21(31)36-20-12-25(24(34)35,11-19(30)23(20)33)37-22(32)8-4-14-2-6-16(27)18(29)10-14/h1-10,19-20,23,26-30,33H,11-12H2,(H,34,35)/p-1/b7-3+,8-4+/t19-,20-,23+,25-/m1/s1. The summed E-state index contributed by atoms with van der Waals surface area (Å²) in [6.45, 7) is 0. The molecule has 3 rings (SSSR count). The lowest BCUT2D eigenvalue weighted by Gasteiger charge is -2.44. The second-order valence-electron chi connectivity index (χ2n) is 8.31. The number of carbonyl (C=O) groups is 3. The zero-order chi connectivity index (χ0) is 27.3. The number of phenols is 4. The van der Waals surface area contributed by atoms with Crippen LogP contribution in [0.25, 0.3) is 12.2 Å². The average Bonchev–Trinajstić information content (AvgIpc) is 2.83. The van der Waals surface area contributed by atoms with E-state index in [1.165, 1.54) is 36.4 Å². The fourth-order valence-electron chi connectivity index (χ4n) is 3.67. The lowest BCUT2D eigenvalue weighted by molar-refractivity contribution is -0.332. The Labute approximate surface area is 209 Å². The zero-order valence-corrected chi connectivity index (χ0v) is 19.1. The summed E-state index contributed by atoms with van der Waals surface area (Å²) in [4.78, 5) is 36.6. The molecule has 0 unspecified atom stereocenters. The first-order chi connectivity index (χ1) is 17.4. The molecule has 0 bridgehead atoms. The number of ether oxygens (including phenoxy) is 2. The van der Waals surface area contributed by atoms with Gasteiger partial charge in [-0.15, -0.1) is 0 Å². The Balaban J connectivity index is 1.73. The highest BCUT2D eigenvalue weighted by atomic mass is 16.6. The molecule has 12 heteroatoms. The Bertz CT molecular complexity index is 1250. The third-order valence-corrected chi connectivity index (χ3v) is 5.60. The number of aromatic hydroxyl groups is 4. The first-order valence-corrected chi connectivity index (χ1v) is 10.8. The first kappa shape index (κ1) is 27.0. The molecule has 0 heterocycles. The second kappa shape index (κ2) is 11.0. The predicted molar refractivity (Wildman–Crippen MR) is 123 cm³/mol. The molecule has 1 fully saturated rings. The summed E-state index contributed by atoms with van der Waals surface area (Å²) in [5.41, 5.74) is -1.87. The summed E-state index contributed by atoms with van der Waals surface area (Å²) in [6.07, 6.45) is -2.40. The molecule has 1 aliphatic rings. The van der Waals surface area contributed by atoms with Crippen molar-refractivity contribution in [2.75, 3.05) is 0 Å². The maximum atomic E-state index is 12.4. The van der Waals surface area contributed by atoms with Crippen molar-refractivity contribution in [3.63, 3.8) is 0 Å². The van der Waals surface area contributed by atoms with E-state index < -0.39 is 66.2 Å². The van der Waals surface area contributed by atoms with Crippen molar-refractivity contribution in [3.8, 4) is 23.0 Å². The van der Waals surface area contributed by atoms with Gasteiger partial charge in [-0.3, -0.25) is 0 Å². The average molecular weight is 515 g/mol. The molecule has 0 aromatic heterocycles. The minimum atomic E-state index is -2.45. The van der Waals surface area contributed by atoms with Crippen LogP contribution < -0.4 is 5.11 Å². The predicted octanol–water partition coefficient (Wildman–Crippen LogP) is -0.305. The van der Waals surface area contributed by atoms with Gasteiger partial charge in [0.1, 0.15) is 12.2 Å². The summed E-state index contributed by atoms with van der Waals surface area (Å²) >= 11 is 0. The number of carbonyl (C=O) groups excluding carboxylic acids is 3. The fourth-order valence-corrected chi connectivity index (χ4v) is 3.67. The van der Waals surface area contributed by atoms with Gasteiger partial charge in [0, 0.05) is 25.0 Å². The van der Waals surface area contributed by atoms with Crippen molar-refractivity contribution in [2.45, 2.75) is 36.8 Å². The van der Waals surface area contributed by atoms with Gasteiger partial charge in [0.2, 0.25) is 0 Å². The third kappa shape index (κ3) is 6.57. The van der Waals surface area contributed by atoms with E-state index in [0.717, 1.165) is 24.3 Å². The molecular weight excluding hydrogens is 492 g/mol. The molecule has 0 spiro atoms. The number of carboxylic acids is 1. The molecule has 12 nitrogen and oxygen atoms in total. The van der Waals surface area contributed by atoms with Gasteiger partial charge in [-0.2, -0.15) is 0 Å². The Morgan fingerprint density at radius 2 is 1.32 bits per heavy atom. The van der Waals surface area contributed by atoms with Gasteiger partial charge in [0.05, 0.1) is 12.1 Å². The molecule has 6 N–H and O–H groups in total. The number of hydrogen-bond acceptors (Lipinski definition) is 12. The van der Waals surface area contributed by atoms with Gasteiger partial charge in [-0.25, -0.2) is 9.59 Å². The molecule has 1 aliphatic carbocycles. The van der Waals surface area contributed by atoms with Crippen molar-refractivity contribution in [2.24, 2.45) is 0 Å². The molecule has 4 atom stereocenters. The topological polar surface area (TPSA) is 214 Å². The highest BCUT2D eigenvalue weighted by Crippen LogP contribution is 2.34. The van der Waals surface area contributed by atoms with Crippen molar-refractivity contribution in [1.82, 2.24) is 0 Å². The maximum Gasteiger partial charge on any atom is 0.331 e. The van der Waals surface area contributed by atoms with Crippen LogP contribution in [-0.2, 0) is 23.9 Å². The van der Waals surface area contributed by atoms with E-state index in [1.54, 1.807) is 0 Å². The number of carboxylic acid groups (broad SMARTS) is 1. The summed E-state index contributed by atoms with van der Waals surface area (Å²) in [6, 6.07) is 7.38. The Morgan fingerprint density at radius 3 is 1.81 bits per heavy atom. The van der Waals surface area contributed by atoms with E-state index in [-0.39, 0.29) is 17.1 Å². The van der Waals surface area contributed by atoms with Crippen LogP contribution in [0.3, 0.4) is 0 Å². The summed E-state index contributed by atoms with van der Waals surface area (Å²) < 4.78 is 10.2. The number of hydrogen-bond donors (Lipinski definition) is 6. The number of aliphatic hydroxyl groups excluding tert-OH is 2. The highest BCUT2D eigenvalue weighted by molar-refractivity contribution is 5.90. The number of aliphatic hydroxyl groups is 2. The minimum Gasteiger partial charge on any atom is -0.546 e. The van der Waals surface area contributed by atoms with Crippen molar-refractivity contribution >= 4 is 30.1 Å². The van der Waals surface area contributed by atoms with E-state index >= 15 is 0 Å². The van der Waals surface area contributed by atoms with Crippen LogP contribution in [0.1, 0.15) is 24.0 Å².